The van der Waals surface area contributed by atoms with Crippen LogP contribution < -0.4 is 5.73 Å². The van der Waals surface area contributed by atoms with Crippen molar-refractivity contribution >= 4 is 0 Å². The topological polar surface area (TPSA) is 29.3 Å². The molecule has 0 aromatic rings. The van der Waals surface area contributed by atoms with Crippen molar-refractivity contribution in [2.75, 3.05) is 13.1 Å². The minimum Gasteiger partial charge on any atom is -0.327 e. The van der Waals surface area contributed by atoms with E-state index in [1.54, 1.807) is 0 Å². The first-order valence-electron chi connectivity index (χ1n) is 7.22. The van der Waals surface area contributed by atoms with E-state index in [4.69, 9.17) is 5.73 Å². The van der Waals surface area contributed by atoms with Crippen LogP contribution in [-0.4, -0.2) is 30.1 Å². The van der Waals surface area contributed by atoms with Crippen molar-refractivity contribution in [3.8, 4) is 0 Å². The SMILES string of the molecule is CCCCC(CC)N1CCC(N)C(CC)C1. The van der Waals surface area contributed by atoms with Crippen molar-refractivity contribution < 1.29 is 0 Å². The highest BCUT2D eigenvalue weighted by Crippen LogP contribution is 2.23. The van der Waals surface area contributed by atoms with Gasteiger partial charge < -0.3 is 10.6 Å². The lowest BCUT2D eigenvalue weighted by molar-refractivity contribution is 0.0978. The molecular formula is C14H30N2. The molecule has 1 fully saturated rings. The summed E-state index contributed by atoms with van der Waals surface area (Å²) >= 11 is 0. The van der Waals surface area contributed by atoms with Crippen LogP contribution >= 0.6 is 0 Å². The van der Waals surface area contributed by atoms with Crippen molar-refractivity contribution in [1.82, 2.24) is 4.90 Å². The van der Waals surface area contributed by atoms with Crippen molar-refractivity contribution in [3.05, 3.63) is 0 Å². The minimum atomic E-state index is 0.449. The fourth-order valence-corrected chi connectivity index (χ4v) is 2.93. The van der Waals surface area contributed by atoms with E-state index >= 15 is 0 Å². The Morgan fingerprint density at radius 1 is 1.31 bits per heavy atom. The molecule has 0 spiro atoms. The van der Waals surface area contributed by atoms with E-state index in [2.05, 4.69) is 25.7 Å². The molecule has 1 aliphatic rings. The summed E-state index contributed by atoms with van der Waals surface area (Å²) in [7, 11) is 0. The fourth-order valence-electron chi connectivity index (χ4n) is 2.93. The molecule has 3 atom stereocenters. The van der Waals surface area contributed by atoms with Gasteiger partial charge in [0.2, 0.25) is 0 Å². The molecule has 96 valence electrons. The van der Waals surface area contributed by atoms with E-state index < -0.39 is 0 Å². The van der Waals surface area contributed by atoms with Gasteiger partial charge in [0.15, 0.2) is 0 Å². The Morgan fingerprint density at radius 3 is 2.62 bits per heavy atom. The maximum Gasteiger partial charge on any atom is 0.00927 e. The highest BCUT2D eigenvalue weighted by molar-refractivity contribution is 4.85. The van der Waals surface area contributed by atoms with E-state index in [0.29, 0.717) is 6.04 Å². The van der Waals surface area contributed by atoms with Gasteiger partial charge in [-0.3, -0.25) is 0 Å². The van der Waals surface area contributed by atoms with Gasteiger partial charge in [0.05, 0.1) is 0 Å². The lowest BCUT2D eigenvalue weighted by Crippen LogP contribution is -2.50. The molecule has 0 aromatic heterocycles. The van der Waals surface area contributed by atoms with Crippen LogP contribution in [0.15, 0.2) is 0 Å². The summed E-state index contributed by atoms with van der Waals surface area (Å²) in [6, 6.07) is 1.26. The van der Waals surface area contributed by atoms with E-state index in [9.17, 15) is 0 Å². The Hall–Kier alpha value is -0.0800. The van der Waals surface area contributed by atoms with Crippen LogP contribution in [0, 0.1) is 5.92 Å². The largest absolute Gasteiger partial charge is 0.327 e. The van der Waals surface area contributed by atoms with Crippen molar-refractivity contribution in [2.24, 2.45) is 11.7 Å². The van der Waals surface area contributed by atoms with Crippen LogP contribution in [0.4, 0.5) is 0 Å². The smallest absolute Gasteiger partial charge is 0.00927 e. The van der Waals surface area contributed by atoms with E-state index in [-0.39, 0.29) is 0 Å². The van der Waals surface area contributed by atoms with Crippen LogP contribution in [0.25, 0.3) is 0 Å². The van der Waals surface area contributed by atoms with Crippen LogP contribution in [-0.2, 0) is 0 Å². The number of likely N-dealkylation sites (tertiary alicyclic amines) is 1. The molecule has 1 heterocycles. The summed E-state index contributed by atoms with van der Waals surface area (Å²) in [6.45, 7) is 9.35. The normalized spacial score (nSPS) is 29.2. The fraction of sp³-hybridized carbons (Fsp3) is 1.00. The number of unbranched alkanes of at least 4 members (excludes halogenated alkanes) is 1. The average molecular weight is 226 g/mol. The number of rotatable bonds is 6. The summed E-state index contributed by atoms with van der Waals surface area (Å²) < 4.78 is 0. The summed E-state index contributed by atoms with van der Waals surface area (Å²) in [6.07, 6.45) is 7.80. The molecule has 1 saturated heterocycles. The van der Waals surface area contributed by atoms with Gasteiger partial charge in [-0.2, -0.15) is 0 Å². The van der Waals surface area contributed by atoms with Crippen molar-refractivity contribution in [3.63, 3.8) is 0 Å². The maximum absolute atomic E-state index is 6.17. The predicted molar refractivity (Wildman–Crippen MR) is 71.6 cm³/mol. The third-order valence-corrected chi connectivity index (χ3v) is 4.23. The summed E-state index contributed by atoms with van der Waals surface area (Å²) in [5.41, 5.74) is 6.17. The zero-order valence-electron chi connectivity index (χ0n) is 11.4. The van der Waals surface area contributed by atoms with Gasteiger partial charge in [0.25, 0.3) is 0 Å². The Morgan fingerprint density at radius 2 is 2.06 bits per heavy atom. The van der Waals surface area contributed by atoms with Crippen molar-refractivity contribution in [2.45, 2.75) is 71.4 Å². The molecule has 2 heteroatoms. The quantitative estimate of drug-likeness (QED) is 0.754. The van der Waals surface area contributed by atoms with Gasteiger partial charge >= 0.3 is 0 Å². The molecule has 3 unspecified atom stereocenters. The lowest BCUT2D eigenvalue weighted by Gasteiger charge is -2.41. The highest BCUT2D eigenvalue weighted by Gasteiger charge is 2.28. The van der Waals surface area contributed by atoms with Gasteiger partial charge in [0.1, 0.15) is 0 Å². The zero-order valence-corrected chi connectivity index (χ0v) is 11.4. The molecular weight excluding hydrogens is 196 g/mol. The third-order valence-electron chi connectivity index (χ3n) is 4.23. The number of piperidine rings is 1. The van der Waals surface area contributed by atoms with Gasteiger partial charge in [-0.05, 0) is 31.7 Å². The molecule has 0 aliphatic carbocycles. The maximum atomic E-state index is 6.17. The van der Waals surface area contributed by atoms with Gasteiger partial charge in [-0.1, -0.05) is 40.0 Å². The second-order valence-electron chi connectivity index (χ2n) is 5.32. The summed E-state index contributed by atoms with van der Waals surface area (Å²) in [5, 5.41) is 0. The standard InChI is InChI=1S/C14H30N2/c1-4-7-8-13(6-3)16-10-9-14(15)12(5-2)11-16/h12-14H,4-11,15H2,1-3H3. The molecule has 0 radical (unpaired) electrons. The van der Waals surface area contributed by atoms with Crippen molar-refractivity contribution in [1.29, 1.82) is 0 Å². The molecule has 0 aromatic carbocycles. The Balaban J connectivity index is 2.45. The summed E-state index contributed by atoms with van der Waals surface area (Å²) in [4.78, 5) is 2.70. The van der Waals surface area contributed by atoms with Gasteiger partial charge in [-0.15, -0.1) is 0 Å². The second-order valence-corrected chi connectivity index (χ2v) is 5.32. The molecule has 0 bridgehead atoms. The first-order chi connectivity index (χ1) is 7.72. The molecule has 2 nitrogen and oxygen atoms in total. The Bertz CT molecular complexity index is 182. The molecule has 16 heavy (non-hydrogen) atoms. The molecule has 1 aliphatic heterocycles. The predicted octanol–water partition coefficient (Wildman–Crippen LogP) is 3.01. The molecule has 2 N–H and O–H groups in total. The number of nitrogens with two attached hydrogens (primary N) is 1. The highest BCUT2D eigenvalue weighted by atomic mass is 15.2. The minimum absolute atomic E-state index is 0.449. The van der Waals surface area contributed by atoms with Gasteiger partial charge in [-0.25, -0.2) is 0 Å². The van der Waals surface area contributed by atoms with E-state index in [0.717, 1.165) is 12.0 Å². The number of hydrogen-bond donors (Lipinski definition) is 1. The first-order valence-corrected chi connectivity index (χ1v) is 7.22. The van der Waals surface area contributed by atoms with Crippen LogP contribution in [0.3, 0.4) is 0 Å². The summed E-state index contributed by atoms with van der Waals surface area (Å²) in [5.74, 6) is 0.726. The van der Waals surface area contributed by atoms with Crippen LogP contribution in [0.2, 0.25) is 0 Å². The third kappa shape index (κ3) is 3.74. The van der Waals surface area contributed by atoms with E-state index in [1.807, 2.05) is 0 Å². The average Bonchev–Trinajstić information content (AvgIpc) is 2.32. The first kappa shape index (κ1) is 14.0. The van der Waals surface area contributed by atoms with Crippen LogP contribution in [0.1, 0.15) is 59.3 Å². The van der Waals surface area contributed by atoms with Crippen LogP contribution in [0.5, 0.6) is 0 Å². The number of nitrogens with zero attached hydrogens (tertiary/aromatic N) is 1. The van der Waals surface area contributed by atoms with Gasteiger partial charge in [0, 0.05) is 18.6 Å². The Labute approximate surface area is 102 Å². The van der Waals surface area contributed by atoms with E-state index in [1.165, 1.54) is 51.6 Å². The molecule has 1 rings (SSSR count). The molecule has 0 saturated carbocycles. The second kappa shape index (κ2) is 7.29. The lowest BCUT2D eigenvalue weighted by atomic mass is 9.89. The monoisotopic (exact) mass is 226 g/mol. The zero-order chi connectivity index (χ0) is 12.0. The molecule has 0 amide bonds. The number of hydrogen-bond acceptors (Lipinski definition) is 2. The Kier molecular flexibility index (Phi) is 6.37.